The fourth-order valence-electron chi connectivity index (χ4n) is 2.63. The van der Waals surface area contributed by atoms with E-state index in [1.165, 1.54) is 4.31 Å². The van der Waals surface area contributed by atoms with Crippen molar-refractivity contribution in [3.05, 3.63) is 27.1 Å². The summed E-state index contributed by atoms with van der Waals surface area (Å²) < 4.78 is 28.5. The molecule has 0 bridgehead atoms. The Balaban J connectivity index is 2.19. The van der Waals surface area contributed by atoms with Crippen molar-refractivity contribution in [2.75, 3.05) is 26.7 Å². The van der Waals surface area contributed by atoms with E-state index in [1.54, 1.807) is 25.2 Å². The van der Waals surface area contributed by atoms with Crippen molar-refractivity contribution in [3.63, 3.8) is 0 Å². The van der Waals surface area contributed by atoms with Crippen LogP contribution in [0.25, 0.3) is 0 Å². The van der Waals surface area contributed by atoms with Gasteiger partial charge in [-0.3, -0.25) is 0 Å². The number of sulfonamides is 1. The number of hydrogen-bond acceptors (Lipinski definition) is 3. The quantitative estimate of drug-likeness (QED) is 0.722. The minimum absolute atomic E-state index is 0.0772. The molecular weight excluding hydrogens is 420 g/mol. The lowest BCUT2D eigenvalue weighted by Gasteiger charge is -2.35. The molecule has 1 aliphatic heterocycles. The van der Waals surface area contributed by atoms with Gasteiger partial charge in [-0.1, -0.05) is 22.9 Å². The van der Waals surface area contributed by atoms with Crippen LogP contribution in [0.15, 0.2) is 32.0 Å². The van der Waals surface area contributed by atoms with Gasteiger partial charge in [-0.2, -0.15) is 4.31 Å². The molecule has 0 saturated carbocycles. The van der Waals surface area contributed by atoms with Gasteiger partial charge in [0.15, 0.2) is 0 Å². The van der Waals surface area contributed by atoms with Crippen LogP contribution < -0.4 is 0 Å². The predicted molar refractivity (Wildman–Crippen MR) is 91.9 cm³/mol. The first-order valence-corrected chi connectivity index (χ1v) is 10.0. The Morgan fingerprint density at radius 3 is 2.43 bits per heavy atom. The first kappa shape index (κ1) is 17.4. The molecule has 1 saturated heterocycles. The number of piperidine rings is 1. The van der Waals surface area contributed by atoms with E-state index in [-0.39, 0.29) is 6.04 Å². The highest BCUT2D eigenvalue weighted by Gasteiger charge is 2.31. The highest BCUT2D eigenvalue weighted by Crippen LogP contribution is 2.30. The largest absolute Gasteiger partial charge is 0.303 e. The van der Waals surface area contributed by atoms with Crippen LogP contribution in [0.5, 0.6) is 0 Å². The van der Waals surface area contributed by atoms with Crippen LogP contribution in [0.4, 0.5) is 0 Å². The molecule has 0 unspecified atom stereocenters. The molecule has 0 N–H and O–H groups in total. The molecule has 1 fully saturated rings. The minimum Gasteiger partial charge on any atom is -0.303 e. The molecule has 2 rings (SSSR count). The maximum Gasteiger partial charge on any atom is 0.244 e. The summed E-state index contributed by atoms with van der Waals surface area (Å²) in [6, 6.07) is 5.24. The molecule has 1 aliphatic rings. The van der Waals surface area contributed by atoms with Crippen LogP contribution in [-0.4, -0.2) is 50.3 Å². The Kier molecular flexibility index (Phi) is 5.87. The summed E-state index contributed by atoms with van der Waals surface area (Å²) >= 11 is 6.70. The van der Waals surface area contributed by atoms with E-state index in [0.29, 0.717) is 9.37 Å². The molecule has 4 nitrogen and oxygen atoms in total. The van der Waals surface area contributed by atoms with Gasteiger partial charge in [-0.15, -0.1) is 0 Å². The second-order valence-corrected chi connectivity index (χ2v) is 9.00. The van der Waals surface area contributed by atoms with Gasteiger partial charge in [-0.05, 0) is 66.6 Å². The lowest BCUT2D eigenvalue weighted by molar-refractivity contribution is 0.176. The molecule has 1 aromatic rings. The van der Waals surface area contributed by atoms with Gasteiger partial charge in [0, 0.05) is 22.0 Å². The molecule has 0 amide bonds. The number of halogens is 2. The van der Waals surface area contributed by atoms with Gasteiger partial charge in [0.1, 0.15) is 0 Å². The summed E-state index contributed by atoms with van der Waals surface area (Å²) in [4.78, 5) is 2.68. The van der Waals surface area contributed by atoms with Crippen LogP contribution in [0.2, 0.25) is 0 Å². The fourth-order valence-corrected chi connectivity index (χ4v) is 5.75. The van der Waals surface area contributed by atoms with Crippen molar-refractivity contribution < 1.29 is 8.42 Å². The van der Waals surface area contributed by atoms with Gasteiger partial charge in [0.2, 0.25) is 10.0 Å². The zero-order valence-corrected chi connectivity index (χ0v) is 16.2. The Labute approximate surface area is 143 Å². The van der Waals surface area contributed by atoms with Crippen molar-refractivity contribution in [1.82, 2.24) is 9.21 Å². The number of hydrogen-bond donors (Lipinski definition) is 0. The van der Waals surface area contributed by atoms with Gasteiger partial charge >= 0.3 is 0 Å². The van der Waals surface area contributed by atoms with E-state index in [1.807, 2.05) is 0 Å². The zero-order valence-electron chi connectivity index (χ0n) is 12.2. The van der Waals surface area contributed by atoms with Crippen molar-refractivity contribution in [3.8, 4) is 0 Å². The predicted octanol–water partition coefficient (Wildman–Crippen LogP) is 3.32. The molecule has 118 valence electrons. The fraction of sp³-hybridized carbons (Fsp3) is 0.571. The zero-order chi connectivity index (χ0) is 15.6. The van der Waals surface area contributed by atoms with Gasteiger partial charge in [0.25, 0.3) is 0 Å². The van der Waals surface area contributed by atoms with Crippen molar-refractivity contribution >= 4 is 41.9 Å². The highest BCUT2D eigenvalue weighted by molar-refractivity contribution is 9.11. The Morgan fingerprint density at radius 2 is 1.90 bits per heavy atom. The monoisotopic (exact) mass is 438 g/mol. The van der Waals surface area contributed by atoms with Crippen molar-refractivity contribution in [2.45, 2.75) is 30.7 Å². The van der Waals surface area contributed by atoms with E-state index >= 15 is 0 Å². The Morgan fingerprint density at radius 1 is 1.29 bits per heavy atom. The summed E-state index contributed by atoms with van der Waals surface area (Å²) in [5.41, 5.74) is 0. The van der Waals surface area contributed by atoms with Gasteiger partial charge in [0.05, 0.1) is 4.90 Å². The van der Waals surface area contributed by atoms with E-state index < -0.39 is 10.0 Å². The highest BCUT2D eigenvalue weighted by atomic mass is 79.9. The molecule has 0 aromatic heterocycles. The van der Waals surface area contributed by atoms with Crippen molar-refractivity contribution in [2.24, 2.45) is 0 Å². The molecule has 0 aliphatic carbocycles. The standard InChI is InChI=1S/C14H20Br2N2O2S/c1-3-18-8-6-12(7-9-18)17(2)21(19,20)14-5-4-11(15)10-13(14)16/h4-5,10,12H,3,6-9H2,1-2H3. The maximum atomic E-state index is 12.8. The second kappa shape index (κ2) is 7.08. The van der Waals surface area contributed by atoms with Crippen LogP contribution in [0, 0.1) is 0 Å². The third-order valence-corrected chi connectivity index (χ3v) is 7.45. The number of benzene rings is 1. The number of likely N-dealkylation sites (tertiary alicyclic amines) is 1. The second-order valence-electron chi connectivity index (χ2n) is 5.26. The van der Waals surface area contributed by atoms with E-state index in [2.05, 4.69) is 43.7 Å². The summed E-state index contributed by atoms with van der Waals surface area (Å²) in [6.45, 7) is 5.09. The van der Waals surface area contributed by atoms with Gasteiger partial charge in [-0.25, -0.2) is 8.42 Å². The van der Waals surface area contributed by atoms with E-state index in [9.17, 15) is 8.42 Å². The van der Waals surface area contributed by atoms with E-state index in [0.717, 1.165) is 36.9 Å². The molecule has 21 heavy (non-hydrogen) atoms. The maximum absolute atomic E-state index is 12.8. The van der Waals surface area contributed by atoms with Crippen LogP contribution in [0.3, 0.4) is 0 Å². The molecule has 1 aromatic carbocycles. The molecule has 0 atom stereocenters. The average Bonchev–Trinajstić information content (AvgIpc) is 2.46. The lowest BCUT2D eigenvalue weighted by Crippen LogP contribution is -2.45. The van der Waals surface area contributed by atoms with Crippen LogP contribution in [0.1, 0.15) is 19.8 Å². The Hall–Kier alpha value is 0.0500. The summed E-state index contributed by atoms with van der Waals surface area (Å²) in [6.07, 6.45) is 1.77. The lowest BCUT2D eigenvalue weighted by atomic mass is 10.1. The molecule has 1 heterocycles. The van der Waals surface area contributed by atoms with Crippen LogP contribution in [-0.2, 0) is 10.0 Å². The van der Waals surface area contributed by atoms with Crippen LogP contribution >= 0.6 is 31.9 Å². The van der Waals surface area contributed by atoms with Gasteiger partial charge < -0.3 is 4.90 Å². The molecule has 7 heteroatoms. The summed E-state index contributed by atoms with van der Waals surface area (Å²) in [7, 11) is -1.77. The molecule has 0 radical (unpaired) electrons. The molecular formula is C14H20Br2N2O2S. The summed E-state index contributed by atoms with van der Waals surface area (Å²) in [5.74, 6) is 0. The summed E-state index contributed by atoms with van der Waals surface area (Å²) in [5, 5.41) is 0. The Bertz CT molecular complexity index is 599. The smallest absolute Gasteiger partial charge is 0.244 e. The normalized spacial score (nSPS) is 18.3. The third kappa shape index (κ3) is 3.88. The minimum atomic E-state index is -3.46. The number of rotatable bonds is 4. The topological polar surface area (TPSA) is 40.6 Å². The first-order chi connectivity index (χ1) is 9.86. The number of nitrogens with zero attached hydrogens (tertiary/aromatic N) is 2. The molecule has 0 spiro atoms. The van der Waals surface area contributed by atoms with E-state index in [4.69, 9.17) is 0 Å². The first-order valence-electron chi connectivity index (χ1n) is 7.01. The van der Waals surface area contributed by atoms with Crippen molar-refractivity contribution in [1.29, 1.82) is 0 Å². The average molecular weight is 440 g/mol. The third-order valence-electron chi connectivity index (χ3n) is 4.07. The SMILES string of the molecule is CCN1CCC(N(C)S(=O)(=O)c2ccc(Br)cc2Br)CC1.